The molecule has 3 aromatic rings. The van der Waals surface area contributed by atoms with Gasteiger partial charge in [-0.15, -0.1) is 0 Å². The second-order valence-electron chi connectivity index (χ2n) is 9.36. The second-order valence-corrected chi connectivity index (χ2v) is 11.0. The molecule has 1 amide bonds. The van der Waals surface area contributed by atoms with Crippen LogP contribution in [0.2, 0.25) is 0 Å². The molecule has 4 rings (SSSR count). The van der Waals surface area contributed by atoms with Gasteiger partial charge in [0.15, 0.2) is 17.7 Å². The van der Waals surface area contributed by atoms with E-state index >= 15 is 0 Å². The lowest BCUT2D eigenvalue weighted by atomic mass is 10.1. The van der Waals surface area contributed by atoms with E-state index in [4.69, 9.17) is 19.4 Å². The summed E-state index contributed by atoms with van der Waals surface area (Å²) in [5.41, 5.74) is 6.52. The van der Waals surface area contributed by atoms with Crippen LogP contribution in [-0.4, -0.2) is 69.6 Å². The van der Waals surface area contributed by atoms with Gasteiger partial charge < -0.3 is 25.6 Å². The van der Waals surface area contributed by atoms with E-state index in [0.29, 0.717) is 5.52 Å². The Labute approximate surface area is 207 Å². The number of aryl methyl sites for hydroxylation is 1. The third-order valence-electron chi connectivity index (χ3n) is 5.42. The van der Waals surface area contributed by atoms with Crippen molar-refractivity contribution in [3.8, 4) is 0 Å². The number of aliphatic hydroxyl groups excluding tert-OH is 1. The first-order valence-corrected chi connectivity index (χ1v) is 12.5. The average molecular weight is 521 g/mol. The van der Waals surface area contributed by atoms with Crippen molar-refractivity contribution < 1.29 is 32.0 Å². The lowest BCUT2D eigenvalue weighted by Crippen LogP contribution is -2.50. The summed E-state index contributed by atoms with van der Waals surface area (Å²) < 4.78 is 43.4. The van der Waals surface area contributed by atoms with E-state index in [9.17, 15) is 18.3 Å². The molecular formula is C22H28N6O7S. The van der Waals surface area contributed by atoms with E-state index < -0.39 is 52.9 Å². The van der Waals surface area contributed by atoms with Crippen LogP contribution in [0.1, 0.15) is 32.6 Å². The fourth-order valence-corrected chi connectivity index (χ4v) is 4.64. The summed E-state index contributed by atoms with van der Waals surface area (Å²) in [6.07, 6.45) is -1.73. The van der Waals surface area contributed by atoms with E-state index in [1.807, 2.05) is 6.92 Å². The van der Waals surface area contributed by atoms with Crippen molar-refractivity contribution in [2.75, 3.05) is 12.3 Å². The molecule has 0 spiro atoms. The predicted octanol–water partition coefficient (Wildman–Crippen LogP) is 1.27. The molecule has 0 radical (unpaired) electrons. The molecule has 0 unspecified atom stereocenters. The highest BCUT2D eigenvalue weighted by atomic mass is 32.2. The number of nitrogens with one attached hydrogen (secondary N) is 1. The van der Waals surface area contributed by atoms with Crippen LogP contribution in [0.4, 0.5) is 10.6 Å². The first-order chi connectivity index (χ1) is 16.9. The smallest absolute Gasteiger partial charge is 0.408 e. The van der Waals surface area contributed by atoms with Crippen molar-refractivity contribution in [2.24, 2.45) is 0 Å². The number of nitrogens with two attached hydrogens (primary N) is 1. The second kappa shape index (κ2) is 9.61. The SMILES string of the molecule is Cc1ccc(S(=O)(=O)OC[C@H]2O[C@@H](n3cnc4c(N)ncnc43)[C@H](O)[C@@H]2NC(=O)OC(C)(C)C)cc1. The summed E-state index contributed by atoms with van der Waals surface area (Å²) in [7, 11) is -4.14. The van der Waals surface area contributed by atoms with E-state index in [0.717, 1.165) is 5.56 Å². The molecule has 0 bridgehead atoms. The third-order valence-corrected chi connectivity index (χ3v) is 6.71. The molecule has 0 aliphatic carbocycles. The fourth-order valence-electron chi connectivity index (χ4n) is 3.72. The van der Waals surface area contributed by atoms with Gasteiger partial charge in [0.1, 0.15) is 29.7 Å². The average Bonchev–Trinajstić information content (AvgIpc) is 3.34. The number of benzene rings is 1. The third kappa shape index (κ3) is 5.41. The largest absolute Gasteiger partial charge is 0.444 e. The Morgan fingerprint density at radius 2 is 1.92 bits per heavy atom. The van der Waals surface area contributed by atoms with Crippen LogP contribution in [-0.2, 0) is 23.8 Å². The molecule has 3 heterocycles. The minimum atomic E-state index is -4.14. The molecule has 4 atom stereocenters. The molecule has 2 aromatic heterocycles. The minimum Gasteiger partial charge on any atom is -0.444 e. The van der Waals surface area contributed by atoms with E-state index in [2.05, 4.69) is 20.3 Å². The van der Waals surface area contributed by atoms with Gasteiger partial charge in [-0.2, -0.15) is 8.42 Å². The number of imidazole rings is 1. The van der Waals surface area contributed by atoms with Gasteiger partial charge in [0.2, 0.25) is 0 Å². The van der Waals surface area contributed by atoms with Crippen molar-refractivity contribution in [1.29, 1.82) is 0 Å². The number of nitrogen functional groups attached to an aromatic ring is 1. The van der Waals surface area contributed by atoms with Gasteiger partial charge in [0.05, 0.1) is 23.9 Å². The molecule has 36 heavy (non-hydrogen) atoms. The van der Waals surface area contributed by atoms with Crippen molar-refractivity contribution in [3.63, 3.8) is 0 Å². The predicted molar refractivity (Wildman–Crippen MR) is 127 cm³/mol. The number of carbonyl (C=O) groups excluding carboxylic acids is 1. The molecule has 14 heteroatoms. The first-order valence-electron chi connectivity index (χ1n) is 11.1. The fraction of sp³-hybridized carbons (Fsp3) is 0.455. The summed E-state index contributed by atoms with van der Waals surface area (Å²) in [6, 6.07) is 5.06. The number of hydrogen-bond acceptors (Lipinski definition) is 11. The number of aliphatic hydroxyl groups is 1. The van der Waals surface area contributed by atoms with Gasteiger partial charge in [-0.1, -0.05) is 17.7 Å². The van der Waals surface area contributed by atoms with Crippen LogP contribution in [0.15, 0.2) is 41.8 Å². The molecule has 1 fully saturated rings. The Morgan fingerprint density at radius 1 is 1.22 bits per heavy atom. The Morgan fingerprint density at radius 3 is 2.58 bits per heavy atom. The Kier molecular flexibility index (Phi) is 6.88. The molecule has 1 aromatic carbocycles. The number of carbonyl (C=O) groups is 1. The number of fused-ring (bicyclic) bond motifs is 1. The van der Waals surface area contributed by atoms with Gasteiger partial charge in [0, 0.05) is 0 Å². The Bertz CT molecular complexity index is 1350. The summed E-state index contributed by atoms with van der Waals surface area (Å²) in [6.45, 7) is 6.40. The van der Waals surface area contributed by atoms with E-state index in [1.165, 1.54) is 29.4 Å². The Hall–Kier alpha value is -3.33. The number of aromatic nitrogens is 4. The van der Waals surface area contributed by atoms with Gasteiger partial charge in [-0.05, 0) is 39.8 Å². The standard InChI is InChI=1S/C22H28N6O7S/c1-12-5-7-13(8-6-12)36(31,32)33-9-14-15(27-21(30)35-22(2,3)4)17(29)20(34-14)28-11-26-16-18(23)24-10-25-19(16)28/h5-8,10-11,14-15,17,20,29H,9H2,1-4H3,(H,27,30)(H2,23,24,25)/t14-,15-,17-,20-/m1/s1. The van der Waals surface area contributed by atoms with Crippen molar-refractivity contribution in [3.05, 3.63) is 42.5 Å². The molecule has 1 aliphatic rings. The van der Waals surface area contributed by atoms with Crippen molar-refractivity contribution in [2.45, 2.75) is 62.7 Å². The summed E-state index contributed by atoms with van der Waals surface area (Å²) >= 11 is 0. The van der Waals surface area contributed by atoms with Crippen LogP contribution in [0.5, 0.6) is 0 Å². The maximum Gasteiger partial charge on any atom is 0.408 e. The van der Waals surface area contributed by atoms with Gasteiger partial charge in [-0.3, -0.25) is 8.75 Å². The van der Waals surface area contributed by atoms with Gasteiger partial charge in [-0.25, -0.2) is 19.7 Å². The van der Waals surface area contributed by atoms with Crippen LogP contribution in [0.25, 0.3) is 11.2 Å². The zero-order valence-electron chi connectivity index (χ0n) is 20.2. The normalized spacial score (nSPS) is 22.6. The maximum atomic E-state index is 12.7. The van der Waals surface area contributed by atoms with Crippen LogP contribution < -0.4 is 11.1 Å². The number of anilines is 1. The number of ether oxygens (including phenoxy) is 2. The quantitative estimate of drug-likeness (QED) is 0.398. The molecule has 13 nitrogen and oxygen atoms in total. The van der Waals surface area contributed by atoms with Gasteiger partial charge in [0.25, 0.3) is 10.1 Å². The topological polar surface area (TPSA) is 181 Å². The molecule has 194 valence electrons. The molecule has 0 saturated carbocycles. The first kappa shape index (κ1) is 25.8. The number of hydrogen-bond donors (Lipinski definition) is 3. The molecule has 1 aliphatic heterocycles. The maximum absolute atomic E-state index is 12.7. The summed E-state index contributed by atoms with van der Waals surface area (Å²) in [5, 5.41) is 13.7. The Balaban J connectivity index is 1.60. The van der Waals surface area contributed by atoms with E-state index in [1.54, 1.807) is 32.9 Å². The van der Waals surface area contributed by atoms with E-state index in [-0.39, 0.29) is 16.4 Å². The minimum absolute atomic E-state index is 0.0346. The zero-order valence-corrected chi connectivity index (χ0v) is 21.0. The number of nitrogens with zero attached hydrogens (tertiary/aromatic N) is 4. The van der Waals surface area contributed by atoms with Crippen molar-refractivity contribution >= 4 is 33.2 Å². The monoisotopic (exact) mass is 520 g/mol. The zero-order chi connectivity index (χ0) is 26.3. The van der Waals surface area contributed by atoms with Crippen LogP contribution in [0, 0.1) is 6.92 Å². The summed E-state index contributed by atoms with van der Waals surface area (Å²) in [5.74, 6) is 0.138. The number of alkyl carbamates (subject to hydrolysis) is 1. The molecule has 4 N–H and O–H groups in total. The highest BCUT2D eigenvalue weighted by Crippen LogP contribution is 2.33. The van der Waals surface area contributed by atoms with Crippen LogP contribution in [0.3, 0.4) is 0 Å². The number of rotatable bonds is 6. The lowest BCUT2D eigenvalue weighted by Gasteiger charge is -2.25. The molecule has 1 saturated heterocycles. The van der Waals surface area contributed by atoms with Crippen LogP contribution >= 0.6 is 0 Å². The lowest BCUT2D eigenvalue weighted by molar-refractivity contribution is -0.0454. The highest BCUT2D eigenvalue weighted by molar-refractivity contribution is 7.86. The van der Waals surface area contributed by atoms with Gasteiger partial charge >= 0.3 is 6.09 Å². The summed E-state index contributed by atoms with van der Waals surface area (Å²) in [4.78, 5) is 24.7. The van der Waals surface area contributed by atoms with Crippen molar-refractivity contribution in [1.82, 2.24) is 24.8 Å². The molecular weight excluding hydrogens is 492 g/mol. The number of amides is 1. The highest BCUT2D eigenvalue weighted by Gasteiger charge is 2.47.